The summed E-state index contributed by atoms with van der Waals surface area (Å²) in [7, 11) is 0. The molecule has 0 aromatic rings. The third kappa shape index (κ3) is 79.0. The molecule has 1 atom stereocenters. The minimum atomic E-state index is -3.33. The second-order valence-electron chi connectivity index (χ2n) is 0.723. The van der Waals surface area contributed by atoms with Gasteiger partial charge in [0.25, 0.3) is 0 Å². The van der Waals surface area contributed by atoms with Gasteiger partial charge in [0.2, 0.25) is 0 Å². The van der Waals surface area contributed by atoms with Gasteiger partial charge in [-0.05, 0) is 0 Å². The predicted octanol–water partition coefficient (Wildman–Crippen LogP) is 2.17. The van der Waals surface area contributed by atoms with Gasteiger partial charge in [-0.2, -0.15) is 4.20 Å². The largest absolute Gasteiger partial charge is 0.301 e. The van der Waals surface area contributed by atoms with E-state index in [-0.39, 0.29) is 0 Å². The summed E-state index contributed by atoms with van der Waals surface area (Å²) in [5.41, 5.74) is 0. The normalized spacial score (nSPS) is 21.4. The number of halogens is 2. The van der Waals surface area contributed by atoms with Crippen molar-refractivity contribution in [3.63, 3.8) is 0 Å². The highest BCUT2D eigenvalue weighted by molar-refractivity contribution is 9.39. The molecule has 0 aliphatic rings. The summed E-state index contributed by atoms with van der Waals surface area (Å²) in [5.74, 6) is 0. The van der Waals surface area contributed by atoms with Crippen LogP contribution in [0.4, 0.5) is 4.20 Å². The van der Waals surface area contributed by atoms with Crippen molar-refractivity contribution in [2.24, 2.45) is 0 Å². The maximum atomic E-state index is 11.2. The fourth-order valence-corrected chi connectivity index (χ4v) is 0. The standard InChI is InChI=1S/CH3BrFOP/c1-5(2,3)4/h1H3. The Kier molecular flexibility index (Phi) is 1.57. The highest BCUT2D eigenvalue weighted by Gasteiger charge is 2.00. The van der Waals surface area contributed by atoms with Crippen molar-refractivity contribution in [3.05, 3.63) is 0 Å². The first-order valence-corrected chi connectivity index (χ1v) is 5.03. The van der Waals surface area contributed by atoms with E-state index in [1.807, 2.05) is 0 Å². The van der Waals surface area contributed by atoms with Crippen LogP contribution in [0.5, 0.6) is 0 Å². The second-order valence-corrected chi connectivity index (χ2v) is 5.97. The Bertz CT molecular complexity index is 57.8. The van der Waals surface area contributed by atoms with E-state index in [4.69, 9.17) is 0 Å². The molecule has 0 saturated carbocycles. The molecule has 0 fully saturated rings. The van der Waals surface area contributed by atoms with Crippen LogP contribution < -0.4 is 0 Å². The SMILES string of the molecule is CP(=O)(F)Br. The molecule has 0 radical (unpaired) electrons. The van der Waals surface area contributed by atoms with Crippen molar-refractivity contribution in [1.29, 1.82) is 0 Å². The lowest BCUT2D eigenvalue weighted by Crippen LogP contribution is -1.38. The van der Waals surface area contributed by atoms with Crippen molar-refractivity contribution in [2.45, 2.75) is 0 Å². The fraction of sp³-hybridized carbons (Fsp3) is 1.00. The molecular weight excluding hydrogens is 158 g/mol. The third-order valence-electron chi connectivity index (χ3n) is 0. The summed E-state index contributed by atoms with van der Waals surface area (Å²) < 4.78 is 20.6. The van der Waals surface area contributed by atoms with E-state index in [1.54, 1.807) is 0 Å². The smallest absolute Gasteiger partial charge is 0.276 e. The zero-order valence-electron chi connectivity index (χ0n) is 2.61. The monoisotopic (exact) mass is 160 g/mol. The fourth-order valence-electron chi connectivity index (χ4n) is 0. The van der Waals surface area contributed by atoms with Crippen LogP contribution in [0.1, 0.15) is 0 Å². The predicted molar refractivity (Wildman–Crippen MR) is 23.6 cm³/mol. The molecule has 1 unspecified atom stereocenters. The molecule has 0 heterocycles. The second kappa shape index (κ2) is 1.39. The van der Waals surface area contributed by atoms with E-state index in [0.717, 1.165) is 6.66 Å². The summed E-state index contributed by atoms with van der Waals surface area (Å²) in [6.45, 7) is 0.993. The molecule has 0 amide bonds. The van der Waals surface area contributed by atoms with Crippen molar-refractivity contribution in [3.8, 4) is 0 Å². The number of hydrogen-bond donors (Lipinski definition) is 0. The summed E-state index contributed by atoms with van der Waals surface area (Å²) in [6, 6.07) is 0. The van der Waals surface area contributed by atoms with Crippen molar-refractivity contribution in [1.82, 2.24) is 0 Å². The van der Waals surface area contributed by atoms with Gasteiger partial charge in [-0.3, -0.25) is 4.57 Å². The molecule has 0 aliphatic carbocycles. The van der Waals surface area contributed by atoms with Gasteiger partial charge in [0.05, 0.1) is 0 Å². The summed E-state index contributed by atoms with van der Waals surface area (Å²) in [6.07, 6.45) is -3.33. The maximum absolute atomic E-state index is 11.2. The van der Waals surface area contributed by atoms with Crippen LogP contribution in [0.3, 0.4) is 0 Å². The van der Waals surface area contributed by atoms with Gasteiger partial charge in [-0.15, -0.1) is 0 Å². The van der Waals surface area contributed by atoms with Gasteiger partial charge in [0, 0.05) is 22.2 Å². The molecule has 4 heteroatoms. The van der Waals surface area contributed by atoms with Crippen LogP contribution >= 0.6 is 21.6 Å². The van der Waals surface area contributed by atoms with E-state index in [0.29, 0.717) is 0 Å². The molecule has 0 N–H and O–H groups in total. The Labute approximate surface area is 37.8 Å². The van der Waals surface area contributed by atoms with E-state index in [1.165, 1.54) is 0 Å². The van der Waals surface area contributed by atoms with Crippen LogP contribution in [-0.4, -0.2) is 6.66 Å². The topological polar surface area (TPSA) is 17.1 Å². The van der Waals surface area contributed by atoms with E-state index in [2.05, 4.69) is 15.5 Å². The molecule has 0 bridgehead atoms. The first-order chi connectivity index (χ1) is 2.00. The molecule has 0 saturated heterocycles. The Morgan fingerprint density at radius 1 is 2.00 bits per heavy atom. The average molecular weight is 161 g/mol. The lowest BCUT2D eigenvalue weighted by molar-refractivity contribution is 0.561. The van der Waals surface area contributed by atoms with E-state index in [9.17, 15) is 8.76 Å². The van der Waals surface area contributed by atoms with Crippen molar-refractivity contribution >= 4 is 21.6 Å². The Morgan fingerprint density at radius 2 is 2.00 bits per heavy atom. The third-order valence-corrected chi connectivity index (χ3v) is 0. The average Bonchev–Trinajstić information content (AvgIpc) is 0.722. The minimum Gasteiger partial charge on any atom is -0.276 e. The Balaban J connectivity index is 3.47. The molecule has 32 valence electrons. The van der Waals surface area contributed by atoms with Gasteiger partial charge in [0.15, 0.2) is 0 Å². The summed E-state index contributed by atoms with van der Waals surface area (Å²) >= 11 is 2.26. The van der Waals surface area contributed by atoms with Crippen LogP contribution in [0, 0.1) is 0 Å². The van der Waals surface area contributed by atoms with Crippen molar-refractivity contribution in [2.75, 3.05) is 6.66 Å². The molecule has 0 rings (SSSR count). The van der Waals surface area contributed by atoms with Gasteiger partial charge in [0.1, 0.15) is 0 Å². The van der Waals surface area contributed by atoms with Crippen molar-refractivity contribution < 1.29 is 8.76 Å². The number of rotatable bonds is 0. The first kappa shape index (κ1) is 5.64. The quantitative estimate of drug-likeness (QED) is 0.497. The molecule has 0 aliphatic heterocycles. The summed E-state index contributed by atoms with van der Waals surface area (Å²) in [5, 5.41) is 0. The molecular formula is CH3BrFOP. The Hall–Kier alpha value is 0.640. The van der Waals surface area contributed by atoms with Gasteiger partial charge < -0.3 is 0 Å². The summed E-state index contributed by atoms with van der Waals surface area (Å²) in [4.78, 5) is 0. The van der Waals surface area contributed by atoms with E-state index >= 15 is 0 Å². The highest BCUT2D eigenvalue weighted by atomic mass is 79.9. The van der Waals surface area contributed by atoms with Gasteiger partial charge >= 0.3 is 6.16 Å². The molecule has 0 aromatic carbocycles. The zero-order valence-corrected chi connectivity index (χ0v) is 5.09. The van der Waals surface area contributed by atoms with Gasteiger partial charge in [-0.25, -0.2) is 0 Å². The lowest BCUT2D eigenvalue weighted by atomic mass is 12.0. The highest BCUT2D eigenvalue weighted by Crippen LogP contribution is 2.51. The minimum absolute atomic E-state index is 0.993. The van der Waals surface area contributed by atoms with Crippen LogP contribution in [0.15, 0.2) is 0 Å². The van der Waals surface area contributed by atoms with Gasteiger partial charge in [-0.1, -0.05) is 0 Å². The van der Waals surface area contributed by atoms with Crippen LogP contribution in [0.25, 0.3) is 0 Å². The number of hydrogen-bond acceptors (Lipinski definition) is 1. The molecule has 0 aromatic heterocycles. The lowest BCUT2D eigenvalue weighted by Gasteiger charge is -1.77. The molecule has 1 nitrogen and oxygen atoms in total. The van der Waals surface area contributed by atoms with E-state index < -0.39 is 6.16 Å². The maximum Gasteiger partial charge on any atom is 0.301 e. The molecule has 0 spiro atoms. The van der Waals surface area contributed by atoms with Crippen LogP contribution in [-0.2, 0) is 4.57 Å². The Morgan fingerprint density at radius 3 is 2.00 bits per heavy atom. The molecule has 5 heavy (non-hydrogen) atoms. The zero-order chi connectivity index (χ0) is 4.50. The van der Waals surface area contributed by atoms with Crippen LogP contribution in [0.2, 0.25) is 0 Å². The first-order valence-electron chi connectivity index (χ1n) is 0.968.